The van der Waals surface area contributed by atoms with Crippen LogP contribution in [-0.4, -0.2) is 17.2 Å². The first-order chi connectivity index (χ1) is 7.11. The summed E-state index contributed by atoms with van der Waals surface area (Å²) in [5.41, 5.74) is 0.403. The number of nitrogens with zero attached hydrogens (tertiary/aromatic N) is 2. The van der Waals surface area contributed by atoms with Gasteiger partial charge in [0, 0.05) is 43.3 Å². The van der Waals surface area contributed by atoms with Crippen LogP contribution in [0.15, 0.2) is 11.1 Å². The van der Waals surface area contributed by atoms with Gasteiger partial charge in [0.05, 0.1) is 18.0 Å². The van der Waals surface area contributed by atoms with E-state index in [0.717, 1.165) is 0 Å². The van der Waals surface area contributed by atoms with Crippen LogP contribution < -0.4 is 4.74 Å². The summed E-state index contributed by atoms with van der Waals surface area (Å²) < 4.78 is 4.94. The van der Waals surface area contributed by atoms with Gasteiger partial charge in [-0.15, -0.1) is 11.6 Å². The molecule has 1 aromatic rings. The monoisotopic (exact) mass is 312 g/mol. The number of nitro groups is 1. The van der Waals surface area contributed by atoms with E-state index in [0.29, 0.717) is 5.56 Å². The molecule has 16 heavy (non-hydrogen) atoms. The van der Waals surface area contributed by atoms with Gasteiger partial charge in [0.2, 0.25) is 5.69 Å². The van der Waals surface area contributed by atoms with Crippen molar-refractivity contribution in [2.45, 2.75) is 6.92 Å². The smallest absolute Gasteiger partial charge is 0.229 e. The minimum absolute atomic E-state index is 0. The fraction of sp³-hybridized carbons (Fsp3) is 0.222. The van der Waals surface area contributed by atoms with Crippen molar-refractivity contribution in [1.29, 1.82) is 0 Å². The number of nitro benzene ring substituents is 1. The first kappa shape index (κ1) is 15.3. The minimum atomic E-state index is -0.576. The van der Waals surface area contributed by atoms with Crippen LogP contribution in [0.4, 0.5) is 11.4 Å². The summed E-state index contributed by atoms with van der Waals surface area (Å²) in [6, 6.07) is 4.20. The first-order valence-electron chi connectivity index (χ1n) is 3.93. The molecule has 0 unspecified atom stereocenters. The molecule has 0 amide bonds. The Morgan fingerprint density at radius 3 is 2.75 bits per heavy atom. The van der Waals surface area contributed by atoms with E-state index in [1.54, 1.807) is 13.0 Å². The van der Waals surface area contributed by atoms with Gasteiger partial charge in [0.15, 0.2) is 0 Å². The summed E-state index contributed by atoms with van der Waals surface area (Å²) >= 11 is 4.39. The number of benzene rings is 1. The predicted octanol–water partition coefficient (Wildman–Crippen LogP) is 2.44. The Bertz CT molecular complexity index is 458. The van der Waals surface area contributed by atoms with Gasteiger partial charge in [0.1, 0.15) is 0 Å². The number of hydrogen-bond donors (Lipinski definition) is 0. The van der Waals surface area contributed by atoms with Crippen LogP contribution >= 0.6 is 12.2 Å². The summed E-state index contributed by atoms with van der Waals surface area (Å²) in [6.07, 6.45) is 0. The second-order valence-corrected chi connectivity index (χ2v) is 2.84. The van der Waals surface area contributed by atoms with Crippen LogP contribution in [0, 0.1) is 23.1 Å². The third-order valence-electron chi connectivity index (χ3n) is 1.77. The topological polar surface area (TPSA) is 64.7 Å². The normalized spacial score (nSPS) is 8.62. The number of ether oxygens (including phenoxy) is 1. The maximum atomic E-state index is 10.8. The second-order valence-electron chi connectivity index (χ2n) is 2.66. The summed E-state index contributed by atoms with van der Waals surface area (Å²) in [7, 11) is 1.36. The zero-order chi connectivity index (χ0) is 11.4. The third-order valence-corrected chi connectivity index (χ3v) is 1.86. The number of thiocarbonyl (C=S) groups is 1. The Kier molecular flexibility index (Phi) is 6.52. The molecule has 0 saturated carbocycles. The number of hydrogen-bond acceptors (Lipinski definition) is 5. The van der Waals surface area contributed by atoms with Crippen molar-refractivity contribution in [3.05, 3.63) is 27.8 Å². The number of aliphatic imine (C=N–C) groups is 1. The van der Waals surface area contributed by atoms with Crippen molar-refractivity contribution in [3.63, 3.8) is 0 Å². The number of rotatable bonds is 3. The van der Waals surface area contributed by atoms with Crippen molar-refractivity contribution in [2.75, 3.05) is 7.11 Å². The van der Waals surface area contributed by atoms with Gasteiger partial charge < -0.3 is 4.74 Å². The average molecular weight is 312 g/mol. The molecular weight excluding hydrogens is 305 g/mol. The molecule has 0 saturated heterocycles. The molecule has 0 aliphatic rings. The van der Waals surface area contributed by atoms with Crippen molar-refractivity contribution >= 4 is 28.8 Å². The molecular formula is C9H7N2O3SY-. The van der Waals surface area contributed by atoms with E-state index >= 15 is 0 Å². The molecule has 1 aromatic carbocycles. The van der Waals surface area contributed by atoms with Crippen molar-refractivity contribution in [1.82, 2.24) is 0 Å². The van der Waals surface area contributed by atoms with Crippen LogP contribution in [0.5, 0.6) is 5.75 Å². The summed E-state index contributed by atoms with van der Waals surface area (Å²) in [4.78, 5) is 13.8. The molecule has 0 spiro atoms. The minimum Gasteiger partial charge on any atom is -0.515 e. The average Bonchev–Trinajstić information content (AvgIpc) is 2.20. The van der Waals surface area contributed by atoms with Gasteiger partial charge in [-0.2, -0.15) is 6.07 Å². The zero-order valence-electron chi connectivity index (χ0n) is 8.68. The zero-order valence-corrected chi connectivity index (χ0v) is 12.3. The van der Waals surface area contributed by atoms with Crippen LogP contribution in [0.25, 0.3) is 0 Å². The quantitative estimate of drug-likeness (QED) is 0.283. The van der Waals surface area contributed by atoms with E-state index in [1.165, 1.54) is 7.11 Å². The molecule has 0 aliphatic heterocycles. The Hall–Kier alpha value is -0.676. The summed E-state index contributed by atoms with van der Waals surface area (Å²) in [5, 5.41) is 12.9. The van der Waals surface area contributed by atoms with Crippen LogP contribution in [0.2, 0.25) is 0 Å². The van der Waals surface area contributed by atoms with Crippen molar-refractivity contribution in [3.8, 4) is 5.75 Å². The predicted molar refractivity (Wildman–Crippen MR) is 57.9 cm³/mol. The number of aryl methyl sites for hydroxylation is 1. The number of methoxy groups -OCH3 is 1. The summed E-state index contributed by atoms with van der Waals surface area (Å²) in [6.45, 7) is 1.69. The van der Waals surface area contributed by atoms with Crippen LogP contribution in [0.1, 0.15) is 5.56 Å². The molecule has 0 fully saturated rings. The van der Waals surface area contributed by atoms with Gasteiger partial charge in [0.25, 0.3) is 0 Å². The molecule has 0 aliphatic carbocycles. The molecule has 0 bridgehead atoms. The standard InChI is InChI=1S/C9H7N2O3S.Y/c1-6-3-4-7(10-5-15)8(11(12)13)9(6)14-2;/h3H,1-2H3;/q-1;. The molecule has 0 heterocycles. The Labute approximate surface area is 123 Å². The van der Waals surface area contributed by atoms with Crippen molar-refractivity contribution in [2.24, 2.45) is 4.99 Å². The largest absolute Gasteiger partial charge is 0.515 e. The molecule has 0 atom stereocenters. The van der Waals surface area contributed by atoms with Gasteiger partial charge >= 0.3 is 0 Å². The fourth-order valence-corrected chi connectivity index (χ4v) is 1.25. The van der Waals surface area contributed by atoms with Crippen LogP contribution in [0.3, 0.4) is 0 Å². The van der Waals surface area contributed by atoms with Crippen molar-refractivity contribution < 1.29 is 42.4 Å². The maximum Gasteiger partial charge on any atom is 0.229 e. The first-order valence-corrected chi connectivity index (χ1v) is 4.34. The Morgan fingerprint density at radius 2 is 2.31 bits per heavy atom. The second kappa shape index (κ2) is 6.81. The molecule has 1 radical (unpaired) electrons. The molecule has 81 valence electrons. The number of isothiocyanates is 1. The molecule has 0 N–H and O–H groups in total. The Balaban J connectivity index is 0.00000225. The maximum absolute atomic E-state index is 10.8. The van der Waals surface area contributed by atoms with E-state index in [1.807, 2.05) is 0 Å². The molecule has 0 aromatic heterocycles. The van der Waals surface area contributed by atoms with E-state index in [9.17, 15) is 10.1 Å². The van der Waals surface area contributed by atoms with Crippen LogP contribution in [-0.2, 0) is 32.7 Å². The molecule has 5 nitrogen and oxygen atoms in total. The van der Waals surface area contributed by atoms with Gasteiger partial charge in [-0.3, -0.25) is 10.1 Å². The third kappa shape index (κ3) is 3.16. The molecule has 7 heteroatoms. The van der Waals surface area contributed by atoms with Gasteiger partial charge in [-0.1, -0.05) is 6.92 Å². The SMILES string of the molecule is COc1c(C)c[c-]c(N=C=S)c1[N+](=O)[O-].[Y]. The fourth-order valence-electron chi connectivity index (χ4n) is 1.16. The van der Waals surface area contributed by atoms with E-state index in [-0.39, 0.29) is 49.8 Å². The summed E-state index contributed by atoms with van der Waals surface area (Å²) in [5.74, 6) is 0.169. The van der Waals surface area contributed by atoms with E-state index < -0.39 is 4.92 Å². The van der Waals surface area contributed by atoms with E-state index in [2.05, 4.69) is 28.4 Å². The van der Waals surface area contributed by atoms with Gasteiger partial charge in [-0.25, -0.2) is 4.99 Å². The van der Waals surface area contributed by atoms with E-state index in [4.69, 9.17) is 4.74 Å². The van der Waals surface area contributed by atoms with Gasteiger partial charge in [-0.05, 0) is 12.2 Å². The Morgan fingerprint density at radius 1 is 1.69 bits per heavy atom. The molecule has 1 rings (SSSR count).